The van der Waals surface area contributed by atoms with Gasteiger partial charge in [-0.25, -0.2) is 4.79 Å². The minimum absolute atomic E-state index is 0.211. The van der Waals surface area contributed by atoms with Gasteiger partial charge in [-0.15, -0.1) is 0 Å². The molecule has 1 saturated heterocycles. The van der Waals surface area contributed by atoms with Crippen LogP contribution in [-0.2, 0) is 19.1 Å². The molecule has 1 rings (SSSR count). The quantitative estimate of drug-likeness (QED) is 0.445. The number of carbonyl (C=O) groups is 2. The smallest absolute Gasteiger partial charge is 0.336 e. The van der Waals surface area contributed by atoms with Crippen LogP contribution in [0.1, 0.15) is 12.8 Å². The van der Waals surface area contributed by atoms with Gasteiger partial charge < -0.3 is 9.47 Å². The van der Waals surface area contributed by atoms with Crippen molar-refractivity contribution in [2.24, 2.45) is 0 Å². The maximum atomic E-state index is 10.9. The fourth-order valence-corrected chi connectivity index (χ4v) is 1.03. The average Bonchev–Trinajstić information content (AvgIpc) is 2.49. The molecule has 0 radical (unpaired) electrons. The van der Waals surface area contributed by atoms with Crippen LogP contribution in [0.15, 0.2) is 12.2 Å². The van der Waals surface area contributed by atoms with Crippen molar-refractivity contribution in [2.75, 3.05) is 7.11 Å². The topological polar surface area (TPSA) is 52.6 Å². The van der Waals surface area contributed by atoms with Crippen molar-refractivity contribution in [3.05, 3.63) is 12.2 Å². The SMILES string of the molecule is C=C(C(=O)OC)C1CCC(=O)O1. The van der Waals surface area contributed by atoms with Crippen LogP contribution in [0.25, 0.3) is 0 Å². The Morgan fingerprint density at radius 1 is 1.75 bits per heavy atom. The molecule has 1 aliphatic heterocycles. The van der Waals surface area contributed by atoms with Gasteiger partial charge in [0.15, 0.2) is 0 Å². The van der Waals surface area contributed by atoms with Crippen LogP contribution < -0.4 is 0 Å². The number of esters is 2. The highest BCUT2D eigenvalue weighted by Crippen LogP contribution is 2.20. The second-order valence-corrected chi connectivity index (χ2v) is 2.53. The van der Waals surface area contributed by atoms with Gasteiger partial charge in [-0.1, -0.05) is 6.58 Å². The van der Waals surface area contributed by atoms with Crippen LogP contribution in [0.4, 0.5) is 0 Å². The van der Waals surface area contributed by atoms with E-state index >= 15 is 0 Å². The van der Waals surface area contributed by atoms with Gasteiger partial charge in [0.05, 0.1) is 12.7 Å². The van der Waals surface area contributed by atoms with Crippen molar-refractivity contribution in [3.63, 3.8) is 0 Å². The third-order valence-electron chi connectivity index (χ3n) is 1.72. The fraction of sp³-hybridized carbons (Fsp3) is 0.500. The largest absolute Gasteiger partial charge is 0.466 e. The zero-order valence-electron chi connectivity index (χ0n) is 6.83. The molecule has 0 amide bonds. The molecule has 1 unspecified atom stereocenters. The highest BCUT2D eigenvalue weighted by Gasteiger charge is 2.29. The summed E-state index contributed by atoms with van der Waals surface area (Å²) in [7, 11) is 1.27. The summed E-state index contributed by atoms with van der Waals surface area (Å²) in [6.45, 7) is 3.49. The van der Waals surface area contributed by atoms with E-state index in [1.165, 1.54) is 7.11 Å². The Kier molecular flexibility index (Phi) is 2.47. The molecule has 66 valence electrons. The van der Waals surface area contributed by atoms with Crippen molar-refractivity contribution >= 4 is 11.9 Å². The molecule has 0 aliphatic carbocycles. The molecule has 0 aromatic carbocycles. The van der Waals surface area contributed by atoms with E-state index in [0.717, 1.165) is 0 Å². The first-order valence-corrected chi connectivity index (χ1v) is 3.61. The standard InChI is InChI=1S/C8H10O4/c1-5(8(10)11-2)6-3-4-7(9)12-6/h6H,1,3-4H2,2H3. The second kappa shape index (κ2) is 3.38. The summed E-state index contributed by atoms with van der Waals surface area (Å²) >= 11 is 0. The number of carbonyl (C=O) groups excluding carboxylic acids is 2. The van der Waals surface area contributed by atoms with Crippen molar-refractivity contribution in [1.29, 1.82) is 0 Å². The van der Waals surface area contributed by atoms with E-state index in [9.17, 15) is 9.59 Å². The van der Waals surface area contributed by atoms with Gasteiger partial charge >= 0.3 is 11.9 Å². The first-order valence-electron chi connectivity index (χ1n) is 3.61. The number of ether oxygens (including phenoxy) is 2. The third-order valence-corrected chi connectivity index (χ3v) is 1.72. The average molecular weight is 170 g/mol. The molecule has 0 bridgehead atoms. The lowest BCUT2D eigenvalue weighted by Gasteiger charge is -2.09. The van der Waals surface area contributed by atoms with Crippen LogP contribution in [0.2, 0.25) is 0 Å². The molecule has 4 heteroatoms. The van der Waals surface area contributed by atoms with Gasteiger partial charge in [-0.2, -0.15) is 0 Å². The first kappa shape index (κ1) is 8.77. The predicted octanol–water partition coefficient (Wildman–Crippen LogP) is 0.421. The van der Waals surface area contributed by atoms with Crippen LogP contribution in [0.3, 0.4) is 0 Å². The summed E-state index contributed by atoms with van der Waals surface area (Å²) in [4.78, 5) is 21.5. The van der Waals surface area contributed by atoms with Gasteiger partial charge in [0.1, 0.15) is 6.10 Å². The Balaban J connectivity index is 2.54. The number of rotatable bonds is 2. The lowest BCUT2D eigenvalue weighted by molar-refractivity contribution is -0.142. The molecule has 0 spiro atoms. The van der Waals surface area contributed by atoms with Gasteiger partial charge in [0.25, 0.3) is 0 Å². The molecular weight excluding hydrogens is 160 g/mol. The van der Waals surface area contributed by atoms with E-state index in [2.05, 4.69) is 11.3 Å². The highest BCUT2D eigenvalue weighted by atomic mass is 16.6. The molecule has 4 nitrogen and oxygen atoms in total. The van der Waals surface area contributed by atoms with E-state index in [0.29, 0.717) is 12.8 Å². The van der Waals surface area contributed by atoms with Crippen molar-refractivity contribution in [1.82, 2.24) is 0 Å². The van der Waals surface area contributed by atoms with Gasteiger partial charge in [0.2, 0.25) is 0 Å². The molecule has 0 aromatic heterocycles. The minimum Gasteiger partial charge on any atom is -0.466 e. The van der Waals surface area contributed by atoms with Crippen molar-refractivity contribution in [2.45, 2.75) is 18.9 Å². The lowest BCUT2D eigenvalue weighted by Crippen LogP contribution is -2.18. The van der Waals surface area contributed by atoms with E-state index in [1.54, 1.807) is 0 Å². The van der Waals surface area contributed by atoms with Crippen molar-refractivity contribution in [3.8, 4) is 0 Å². The first-order chi connectivity index (χ1) is 5.65. The Hall–Kier alpha value is -1.32. The summed E-state index contributed by atoms with van der Waals surface area (Å²) in [6, 6.07) is 0. The van der Waals surface area contributed by atoms with Crippen LogP contribution >= 0.6 is 0 Å². The fourth-order valence-electron chi connectivity index (χ4n) is 1.03. The summed E-state index contributed by atoms with van der Waals surface area (Å²) < 4.78 is 9.24. The third kappa shape index (κ3) is 1.64. The predicted molar refractivity (Wildman–Crippen MR) is 40.3 cm³/mol. The zero-order chi connectivity index (χ0) is 9.14. The molecule has 0 aromatic rings. The molecule has 1 aliphatic rings. The number of hydrogen-bond acceptors (Lipinski definition) is 4. The van der Waals surface area contributed by atoms with Gasteiger partial charge in [-0.3, -0.25) is 4.79 Å². The van der Waals surface area contributed by atoms with E-state index < -0.39 is 12.1 Å². The van der Waals surface area contributed by atoms with E-state index in [1.807, 2.05) is 0 Å². The summed E-state index contributed by atoms with van der Waals surface area (Å²) in [5, 5.41) is 0. The van der Waals surface area contributed by atoms with Crippen LogP contribution in [0.5, 0.6) is 0 Å². The second-order valence-electron chi connectivity index (χ2n) is 2.53. The van der Waals surface area contributed by atoms with Gasteiger partial charge in [0, 0.05) is 6.42 Å². The van der Waals surface area contributed by atoms with E-state index in [4.69, 9.17) is 4.74 Å². The normalized spacial score (nSPS) is 21.8. The zero-order valence-corrected chi connectivity index (χ0v) is 6.83. The van der Waals surface area contributed by atoms with Crippen LogP contribution in [0, 0.1) is 0 Å². The summed E-state index contributed by atoms with van der Waals surface area (Å²) in [5.41, 5.74) is 0.211. The maximum Gasteiger partial charge on any atom is 0.336 e. The number of cyclic esters (lactones) is 1. The summed E-state index contributed by atoms with van der Waals surface area (Å²) in [6.07, 6.45) is 0.387. The monoisotopic (exact) mass is 170 g/mol. The Bertz CT molecular complexity index is 231. The van der Waals surface area contributed by atoms with E-state index in [-0.39, 0.29) is 11.5 Å². The summed E-state index contributed by atoms with van der Waals surface area (Å²) in [5.74, 6) is -0.806. The maximum absolute atomic E-state index is 10.9. The molecule has 1 heterocycles. The number of hydrogen-bond donors (Lipinski definition) is 0. The molecule has 0 N–H and O–H groups in total. The Labute approximate surface area is 70.1 Å². The number of methoxy groups -OCH3 is 1. The van der Waals surface area contributed by atoms with Crippen molar-refractivity contribution < 1.29 is 19.1 Å². The Morgan fingerprint density at radius 2 is 2.42 bits per heavy atom. The molecule has 1 fully saturated rings. The molecule has 1 atom stereocenters. The highest BCUT2D eigenvalue weighted by molar-refractivity contribution is 5.90. The minimum atomic E-state index is -0.519. The Morgan fingerprint density at radius 3 is 2.83 bits per heavy atom. The van der Waals surface area contributed by atoms with Gasteiger partial charge in [-0.05, 0) is 6.42 Å². The molecule has 0 saturated carbocycles. The lowest BCUT2D eigenvalue weighted by atomic mass is 10.1. The molecular formula is C8H10O4. The van der Waals surface area contributed by atoms with Crippen LogP contribution in [-0.4, -0.2) is 25.2 Å². The molecule has 12 heavy (non-hydrogen) atoms.